The van der Waals surface area contributed by atoms with E-state index in [0.717, 1.165) is 12.8 Å². The zero-order chi connectivity index (χ0) is 14.8. The fraction of sp³-hybridized carbons (Fsp3) is 0.308. The lowest BCUT2D eigenvalue weighted by Crippen LogP contribution is -2.31. The van der Waals surface area contributed by atoms with Gasteiger partial charge in [-0.25, -0.2) is 13.1 Å². The van der Waals surface area contributed by atoms with Crippen LogP contribution in [0.4, 0.5) is 5.69 Å². The highest BCUT2D eigenvalue weighted by Crippen LogP contribution is 2.23. The molecule has 1 aromatic carbocycles. The maximum absolute atomic E-state index is 12.0. The molecule has 3 N–H and O–H groups in total. The molecule has 7 heteroatoms. The monoisotopic (exact) mass is 314 g/mol. The minimum atomic E-state index is -3.90. The van der Waals surface area contributed by atoms with Gasteiger partial charge in [-0.05, 0) is 37.0 Å². The first-order valence-electron chi connectivity index (χ1n) is 6.16. The van der Waals surface area contributed by atoms with E-state index in [2.05, 4.69) is 0 Å². The molecular formula is C13H15ClN2O3S. The molecule has 1 atom stereocenters. The number of carbonyl (C=O) groups excluding carboxylic acids is 1. The number of allylic oxidation sites excluding steroid dienone is 2. The Labute approximate surface area is 122 Å². The van der Waals surface area contributed by atoms with Crippen LogP contribution in [0.1, 0.15) is 19.3 Å². The zero-order valence-electron chi connectivity index (χ0n) is 10.7. The average molecular weight is 315 g/mol. The first-order valence-corrected chi connectivity index (χ1v) is 8.02. The lowest BCUT2D eigenvalue weighted by molar-refractivity contribution is -0.119. The van der Waals surface area contributed by atoms with Gasteiger partial charge in [0.2, 0.25) is 5.91 Å². The third kappa shape index (κ3) is 3.52. The second-order valence-electron chi connectivity index (χ2n) is 4.68. The smallest absolute Gasteiger partial charge is 0.264 e. The van der Waals surface area contributed by atoms with Crippen LogP contribution in [0.5, 0.6) is 0 Å². The number of hydrogen-bond donors (Lipinski definition) is 2. The fourth-order valence-electron chi connectivity index (χ4n) is 2.04. The summed E-state index contributed by atoms with van der Waals surface area (Å²) in [5.74, 6) is -0.407. The molecule has 108 valence electrons. The van der Waals surface area contributed by atoms with Crippen molar-refractivity contribution in [2.75, 3.05) is 5.73 Å². The maximum Gasteiger partial charge on any atom is 0.264 e. The van der Waals surface area contributed by atoms with Gasteiger partial charge in [0, 0.05) is 6.42 Å². The molecule has 5 nitrogen and oxygen atoms in total. The molecule has 0 radical (unpaired) electrons. The molecule has 0 saturated heterocycles. The first kappa shape index (κ1) is 14.9. The van der Waals surface area contributed by atoms with Gasteiger partial charge >= 0.3 is 0 Å². The average Bonchev–Trinajstić information content (AvgIpc) is 2.84. The highest BCUT2D eigenvalue weighted by molar-refractivity contribution is 7.90. The van der Waals surface area contributed by atoms with Crippen molar-refractivity contribution in [2.24, 2.45) is 5.92 Å². The topological polar surface area (TPSA) is 89.3 Å². The van der Waals surface area contributed by atoms with Crippen LogP contribution in [0.3, 0.4) is 0 Å². The van der Waals surface area contributed by atoms with Crippen molar-refractivity contribution in [3.8, 4) is 0 Å². The van der Waals surface area contributed by atoms with E-state index in [0.29, 0.717) is 0 Å². The van der Waals surface area contributed by atoms with Gasteiger partial charge in [-0.1, -0.05) is 23.8 Å². The number of sulfonamides is 1. The van der Waals surface area contributed by atoms with Gasteiger partial charge in [0.15, 0.2) is 0 Å². The number of hydrogen-bond acceptors (Lipinski definition) is 4. The number of anilines is 1. The summed E-state index contributed by atoms with van der Waals surface area (Å²) in [6, 6.07) is 3.92. The molecular weight excluding hydrogens is 300 g/mol. The maximum atomic E-state index is 12.0. The summed E-state index contributed by atoms with van der Waals surface area (Å²) in [5.41, 5.74) is 5.72. The second kappa shape index (κ2) is 5.85. The van der Waals surface area contributed by atoms with Gasteiger partial charge < -0.3 is 5.73 Å². The molecule has 0 aliphatic heterocycles. The van der Waals surface area contributed by atoms with Crippen LogP contribution in [0.25, 0.3) is 0 Å². The number of nitrogen functional groups attached to an aromatic ring is 1. The van der Waals surface area contributed by atoms with Gasteiger partial charge in [0.1, 0.15) is 0 Å². The Bertz CT molecular complexity index is 656. The fourth-order valence-corrected chi connectivity index (χ4v) is 3.19. The molecule has 0 heterocycles. The van der Waals surface area contributed by atoms with E-state index in [-0.39, 0.29) is 27.9 Å². The van der Waals surface area contributed by atoms with Crippen LogP contribution in [0, 0.1) is 5.92 Å². The third-order valence-corrected chi connectivity index (χ3v) is 4.80. The van der Waals surface area contributed by atoms with E-state index in [4.69, 9.17) is 17.3 Å². The Balaban J connectivity index is 2.08. The predicted octanol–water partition coefficient (Wildman–Crippen LogP) is 2.08. The van der Waals surface area contributed by atoms with Crippen LogP contribution in [-0.2, 0) is 14.8 Å². The van der Waals surface area contributed by atoms with Gasteiger partial charge in [-0.2, -0.15) is 0 Å². The third-order valence-electron chi connectivity index (χ3n) is 3.09. The van der Waals surface area contributed by atoms with Crippen molar-refractivity contribution >= 4 is 33.2 Å². The van der Waals surface area contributed by atoms with E-state index >= 15 is 0 Å². The number of nitrogens with one attached hydrogen (secondary N) is 1. The molecule has 1 aliphatic rings. The number of halogens is 1. The molecule has 2 rings (SSSR count). The van der Waals surface area contributed by atoms with Crippen LogP contribution >= 0.6 is 11.6 Å². The van der Waals surface area contributed by atoms with E-state index in [1.165, 1.54) is 18.2 Å². The number of carbonyl (C=O) groups is 1. The van der Waals surface area contributed by atoms with E-state index in [1.54, 1.807) is 0 Å². The van der Waals surface area contributed by atoms with Gasteiger partial charge in [-0.15, -0.1) is 0 Å². The van der Waals surface area contributed by atoms with Gasteiger partial charge in [-0.3, -0.25) is 4.79 Å². The summed E-state index contributed by atoms with van der Waals surface area (Å²) in [4.78, 5) is 11.7. The van der Waals surface area contributed by atoms with E-state index in [1.807, 2.05) is 16.9 Å². The molecule has 0 saturated carbocycles. The lowest BCUT2D eigenvalue weighted by atomic mass is 10.1. The number of rotatable bonds is 4. The van der Waals surface area contributed by atoms with Crippen LogP contribution in [0.15, 0.2) is 35.2 Å². The molecule has 0 bridgehead atoms. The SMILES string of the molecule is Nc1cc(S(=O)(=O)NC(=O)CC2C=CCC2)ccc1Cl. The summed E-state index contributed by atoms with van der Waals surface area (Å²) in [6.45, 7) is 0. The molecule has 1 unspecified atom stereocenters. The molecule has 1 aromatic rings. The van der Waals surface area contributed by atoms with Crippen molar-refractivity contribution in [2.45, 2.75) is 24.2 Å². The summed E-state index contributed by atoms with van der Waals surface area (Å²) < 4.78 is 26.1. The quantitative estimate of drug-likeness (QED) is 0.657. The molecule has 1 amide bonds. The minimum absolute atomic E-state index is 0.0743. The standard InChI is InChI=1S/C13H15ClN2O3S/c14-11-6-5-10(8-12(11)15)20(18,19)16-13(17)7-9-3-1-2-4-9/h1,3,5-6,8-9H,2,4,7,15H2,(H,16,17). The largest absolute Gasteiger partial charge is 0.397 e. The van der Waals surface area contributed by atoms with Crippen molar-refractivity contribution in [3.05, 3.63) is 35.4 Å². The minimum Gasteiger partial charge on any atom is -0.397 e. The molecule has 0 aromatic heterocycles. The number of nitrogens with two attached hydrogens (primary N) is 1. The number of benzene rings is 1. The summed E-state index contributed by atoms with van der Waals surface area (Å²) in [5, 5.41) is 0.270. The van der Waals surface area contributed by atoms with Crippen molar-refractivity contribution in [3.63, 3.8) is 0 Å². The highest BCUT2D eigenvalue weighted by atomic mass is 35.5. The van der Waals surface area contributed by atoms with Crippen molar-refractivity contribution in [1.29, 1.82) is 0 Å². The summed E-state index contributed by atoms with van der Waals surface area (Å²) >= 11 is 5.74. The first-order chi connectivity index (χ1) is 9.38. The lowest BCUT2D eigenvalue weighted by Gasteiger charge is -2.10. The van der Waals surface area contributed by atoms with Gasteiger partial charge in [0.25, 0.3) is 10.0 Å². The Hall–Kier alpha value is -1.53. The number of amides is 1. The highest BCUT2D eigenvalue weighted by Gasteiger charge is 2.21. The molecule has 20 heavy (non-hydrogen) atoms. The van der Waals surface area contributed by atoms with E-state index in [9.17, 15) is 13.2 Å². The Morgan fingerprint density at radius 3 is 2.80 bits per heavy atom. The molecule has 0 fully saturated rings. The van der Waals surface area contributed by atoms with Crippen LogP contribution in [0.2, 0.25) is 5.02 Å². The predicted molar refractivity (Wildman–Crippen MR) is 77.7 cm³/mol. The summed E-state index contributed by atoms with van der Waals surface area (Å²) in [7, 11) is -3.90. The second-order valence-corrected chi connectivity index (χ2v) is 6.77. The van der Waals surface area contributed by atoms with Crippen molar-refractivity contribution < 1.29 is 13.2 Å². The van der Waals surface area contributed by atoms with Crippen LogP contribution in [-0.4, -0.2) is 14.3 Å². The Kier molecular flexibility index (Phi) is 4.35. The zero-order valence-corrected chi connectivity index (χ0v) is 12.2. The van der Waals surface area contributed by atoms with Gasteiger partial charge in [0.05, 0.1) is 15.6 Å². The molecule has 1 aliphatic carbocycles. The normalized spacial score (nSPS) is 18.1. The summed E-state index contributed by atoms with van der Waals surface area (Å²) in [6.07, 6.45) is 5.90. The van der Waals surface area contributed by atoms with Crippen molar-refractivity contribution in [1.82, 2.24) is 4.72 Å². The van der Waals surface area contributed by atoms with E-state index < -0.39 is 15.9 Å². The Morgan fingerprint density at radius 1 is 1.45 bits per heavy atom. The Morgan fingerprint density at radius 2 is 2.20 bits per heavy atom. The van der Waals surface area contributed by atoms with Crippen LogP contribution < -0.4 is 10.5 Å². The molecule has 0 spiro atoms.